The van der Waals surface area contributed by atoms with Crippen molar-refractivity contribution in [3.63, 3.8) is 0 Å². The first-order chi connectivity index (χ1) is 14.5. The molecule has 3 aromatic rings. The lowest BCUT2D eigenvalue weighted by molar-refractivity contribution is -0.0496. The number of hydrogen-bond donors (Lipinski definition) is 0. The molecule has 0 spiro atoms. The van der Waals surface area contributed by atoms with Crippen LogP contribution in [0.2, 0.25) is 0 Å². The summed E-state index contributed by atoms with van der Waals surface area (Å²) in [5.74, 6) is -1.02. The van der Waals surface area contributed by atoms with Gasteiger partial charge in [0, 0.05) is 14.7 Å². The largest absolute Gasteiger partial charge is 0.524 e. The number of hydrogen-bond acceptors (Lipinski definition) is 4. The summed E-state index contributed by atoms with van der Waals surface area (Å²) in [5, 5.41) is 0. The lowest BCUT2D eigenvalue weighted by Crippen LogP contribution is -2.27. The Labute approximate surface area is 176 Å². The maximum atomic E-state index is 13.6. The molecule has 0 amide bonds. The Morgan fingerprint density at radius 3 is 1.35 bits per heavy atom. The molecule has 4 nitrogen and oxygen atoms in total. The topological polar surface area (TPSA) is 52.6 Å². The fraction of sp³-hybridized carbons (Fsp3) is 0.100. The van der Waals surface area contributed by atoms with Crippen LogP contribution in [0.3, 0.4) is 0 Å². The Hall–Kier alpha value is -2.63. The number of alkyl halides is 3. The van der Waals surface area contributed by atoms with Crippen molar-refractivity contribution >= 4 is 20.4 Å². The third kappa shape index (κ3) is 4.53. The standard InChI is InChI=1S/C20H15F5O4S2/c1-28-16-6-12-19(13-7-16)30(17-8-2-14(21)3-9-17,18-10-4-15(22)5-11-18)29-31(26,27)20(23,24)25/h2-13H,1H3. The van der Waals surface area contributed by atoms with Crippen LogP contribution in [0.4, 0.5) is 22.0 Å². The molecular formula is C20H15F5O4S2. The van der Waals surface area contributed by atoms with Gasteiger partial charge < -0.3 is 4.74 Å². The highest BCUT2D eigenvalue weighted by Gasteiger charge is 2.52. The summed E-state index contributed by atoms with van der Waals surface area (Å²) in [6.45, 7) is 0. The Morgan fingerprint density at radius 2 is 1.03 bits per heavy atom. The highest BCUT2D eigenvalue weighted by atomic mass is 32.3. The number of ether oxygens (including phenoxy) is 1. The molecule has 0 aliphatic rings. The second-order valence-corrected chi connectivity index (χ2v) is 10.5. The van der Waals surface area contributed by atoms with Gasteiger partial charge in [0.25, 0.3) is 0 Å². The second kappa shape index (κ2) is 8.48. The number of benzene rings is 3. The zero-order valence-electron chi connectivity index (χ0n) is 15.8. The van der Waals surface area contributed by atoms with Crippen LogP contribution in [0.5, 0.6) is 5.75 Å². The molecule has 3 aromatic carbocycles. The van der Waals surface area contributed by atoms with Crippen molar-refractivity contribution in [3.8, 4) is 5.75 Å². The SMILES string of the molecule is COc1ccc(S(OS(=O)(=O)C(F)(F)F)(c2ccc(F)cc2)c2ccc(F)cc2)cc1. The van der Waals surface area contributed by atoms with Gasteiger partial charge in [0.2, 0.25) is 0 Å². The van der Waals surface area contributed by atoms with Gasteiger partial charge in [0.15, 0.2) is 0 Å². The van der Waals surface area contributed by atoms with E-state index in [-0.39, 0.29) is 14.7 Å². The lowest BCUT2D eigenvalue weighted by atomic mass is 10.3. The molecule has 0 bridgehead atoms. The van der Waals surface area contributed by atoms with E-state index in [0.717, 1.165) is 48.5 Å². The minimum Gasteiger partial charge on any atom is -0.497 e. The summed E-state index contributed by atoms with van der Waals surface area (Å²) < 4.78 is 101. The quantitative estimate of drug-likeness (QED) is 0.320. The van der Waals surface area contributed by atoms with Gasteiger partial charge >= 0.3 is 15.6 Å². The highest BCUT2D eigenvalue weighted by molar-refractivity contribution is 8.33. The molecule has 0 saturated heterocycles. The van der Waals surface area contributed by atoms with E-state index in [1.165, 1.54) is 31.4 Å². The maximum absolute atomic E-state index is 13.6. The van der Waals surface area contributed by atoms with E-state index < -0.39 is 37.6 Å². The van der Waals surface area contributed by atoms with Gasteiger partial charge in [-0.05, 0) is 83.1 Å². The second-order valence-electron chi connectivity index (χ2n) is 6.11. The van der Waals surface area contributed by atoms with Crippen LogP contribution in [0.1, 0.15) is 0 Å². The van der Waals surface area contributed by atoms with Gasteiger partial charge in [0.1, 0.15) is 17.4 Å². The molecule has 0 aromatic heterocycles. The summed E-state index contributed by atoms with van der Waals surface area (Å²) in [4.78, 5) is -0.0451. The molecule has 0 atom stereocenters. The van der Waals surface area contributed by atoms with Gasteiger partial charge in [-0.1, -0.05) is 0 Å². The van der Waals surface area contributed by atoms with Crippen LogP contribution in [0.15, 0.2) is 87.5 Å². The van der Waals surface area contributed by atoms with E-state index in [1.54, 1.807) is 0 Å². The van der Waals surface area contributed by atoms with Crippen molar-refractivity contribution in [2.75, 3.05) is 7.11 Å². The van der Waals surface area contributed by atoms with Crippen LogP contribution in [0.25, 0.3) is 0 Å². The molecule has 0 radical (unpaired) electrons. The van der Waals surface area contributed by atoms with E-state index in [2.05, 4.69) is 0 Å². The van der Waals surface area contributed by atoms with Crippen molar-refractivity contribution in [1.82, 2.24) is 0 Å². The van der Waals surface area contributed by atoms with Gasteiger partial charge in [0.05, 0.1) is 7.11 Å². The van der Waals surface area contributed by atoms with E-state index in [9.17, 15) is 30.4 Å². The highest BCUT2D eigenvalue weighted by Crippen LogP contribution is 2.70. The third-order valence-corrected chi connectivity index (χ3v) is 9.07. The third-order valence-electron chi connectivity index (χ3n) is 4.16. The monoisotopic (exact) mass is 478 g/mol. The smallest absolute Gasteiger partial charge is 0.497 e. The average molecular weight is 478 g/mol. The van der Waals surface area contributed by atoms with Crippen molar-refractivity contribution in [2.24, 2.45) is 0 Å². The maximum Gasteiger partial charge on any atom is 0.524 e. The van der Waals surface area contributed by atoms with Crippen molar-refractivity contribution < 1.29 is 38.7 Å². The first kappa shape index (κ1) is 23.0. The van der Waals surface area contributed by atoms with E-state index in [0.29, 0.717) is 5.75 Å². The van der Waals surface area contributed by atoms with E-state index in [1.807, 2.05) is 0 Å². The molecular weight excluding hydrogens is 463 g/mol. The fourth-order valence-corrected chi connectivity index (χ4v) is 7.42. The molecule has 0 saturated carbocycles. The van der Waals surface area contributed by atoms with Gasteiger partial charge in [-0.2, -0.15) is 25.2 Å². The van der Waals surface area contributed by atoms with Crippen LogP contribution in [-0.4, -0.2) is 21.0 Å². The van der Waals surface area contributed by atoms with E-state index >= 15 is 0 Å². The summed E-state index contributed by atoms with van der Waals surface area (Å²) in [7, 11) is -8.37. The Morgan fingerprint density at radius 1 is 0.677 bits per heavy atom. The number of rotatable bonds is 6. The predicted molar refractivity (Wildman–Crippen MR) is 104 cm³/mol. The molecule has 11 heteroatoms. The fourth-order valence-electron chi connectivity index (χ4n) is 2.72. The minimum atomic E-state index is -6.12. The van der Waals surface area contributed by atoms with Gasteiger partial charge in [-0.25, -0.2) is 8.78 Å². The molecule has 0 aliphatic carbocycles. The average Bonchev–Trinajstić information content (AvgIpc) is 2.72. The molecule has 166 valence electrons. The van der Waals surface area contributed by atoms with E-state index in [4.69, 9.17) is 8.37 Å². The predicted octanol–water partition coefficient (Wildman–Crippen LogP) is 6.04. The van der Waals surface area contributed by atoms with Gasteiger partial charge in [-0.3, -0.25) is 0 Å². The molecule has 0 aliphatic heterocycles. The number of halogens is 5. The van der Waals surface area contributed by atoms with Gasteiger partial charge in [-0.15, -0.1) is 0 Å². The Bertz CT molecular complexity index is 1100. The normalized spacial score (nSPS) is 13.1. The molecule has 31 heavy (non-hydrogen) atoms. The molecule has 3 rings (SSSR count). The van der Waals surface area contributed by atoms with Crippen molar-refractivity contribution in [2.45, 2.75) is 20.2 Å². The van der Waals surface area contributed by atoms with Crippen molar-refractivity contribution in [1.29, 1.82) is 0 Å². The first-order valence-electron chi connectivity index (χ1n) is 8.50. The van der Waals surface area contributed by atoms with Crippen LogP contribution >= 0.6 is 10.3 Å². The Kier molecular flexibility index (Phi) is 6.30. The summed E-state index contributed by atoms with van der Waals surface area (Å²) in [6.07, 6.45) is 0. The molecule has 0 N–H and O–H groups in total. The molecule has 0 heterocycles. The van der Waals surface area contributed by atoms with Crippen molar-refractivity contribution in [3.05, 3.63) is 84.4 Å². The summed E-state index contributed by atoms with van der Waals surface area (Å²) >= 11 is 0. The first-order valence-corrected chi connectivity index (χ1v) is 11.5. The summed E-state index contributed by atoms with van der Waals surface area (Å²) in [6, 6.07) is 13.9. The minimum absolute atomic E-state index is 0.0411. The van der Waals surface area contributed by atoms with Crippen LogP contribution in [-0.2, 0) is 13.7 Å². The van der Waals surface area contributed by atoms with Crippen LogP contribution < -0.4 is 4.74 Å². The Balaban J connectivity index is 2.39. The zero-order chi connectivity index (χ0) is 22.9. The molecule has 0 fully saturated rings. The van der Waals surface area contributed by atoms with Crippen LogP contribution in [0, 0.1) is 11.6 Å². The summed E-state index contributed by atoms with van der Waals surface area (Å²) in [5.41, 5.74) is -5.72. The number of methoxy groups -OCH3 is 1. The molecule has 0 unspecified atom stereocenters. The lowest BCUT2D eigenvalue weighted by Gasteiger charge is -2.39. The zero-order valence-corrected chi connectivity index (χ0v) is 17.4.